The van der Waals surface area contributed by atoms with E-state index in [-0.39, 0.29) is 18.2 Å². The van der Waals surface area contributed by atoms with E-state index in [1.807, 2.05) is 6.07 Å². The zero-order chi connectivity index (χ0) is 11.7. The highest BCUT2D eigenvalue weighted by Gasteiger charge is 2.18. The molecule has 0 fully saturated rings. The van der Waals surface area contributed by atoms with Crippen LogP contribution >= 0.6 is 12.4 Å². The molecule has 96 valence electrons. The van der Waals surface area contributed by atoms with Gasteiger partial charge in [0.25, 0.3) is 0 Å². The van der Waals surface area contributed by atoms with E-state index >= 15 is 0 Å². The first-order valence-corrected chi connectivity index (χ1v) is 5.54. The van der Waals surface area contributed by atoms with Gasteiger partial charge in [-0.2, -0.15) is 0 Å². The van der Waals surface area contributed by atoms with Gasteiger partial charge in [-0.05, 0) is 18.2 Å². The molecule has 0 radical (unpaired) electrons. The zero-order valence-electron chi connectivity index (χ0n) is 9.61. The van der Waals surface area contributed by atoms with Crippen LogP contribution in [0.1, 0.15) is 5.56 Å². The van der Waals surface area contributed by atoms with Crippen LogP contribution in [0, 0.1) is 5.82 Å². The number of fused-ring (bicyclic) bond motifs is 1. The average molecular weight is 270 g/mol. The molecule has 3 rings (SSSR count). The average Bonchev–Trinajstić information content (AvgIpc) is 2.74. The molecular formula is C13H13ClFNO2. The van der Waals surface area contributed by atoms with Gasteiger partial charge in [-0.3, -0.25) is 0 Å². The summed E-state index contributed by atoms with van der Waals surface area (Å²) in [4.78, 5) is 0. The molecule has 2 heterocycles. The Morgan fingerprint density at radius 3 is 2.89 bits per heavy atom. The lowest BCUT2D eigenvalue weighted by molar-refractivity contribution is 0.326. The number of nitrogens with one attached hydrogen (secondary N) is 1. The van der Waals surface area contributed by atoms with Crippen molar-refractivity contribution in [3.8, 4) is 16.9 Å². The summed E-state index contributed by atoms with van der Waals surface area (Å²) in [5.74, 6) is 0.387. The number of hydrogen-bond acceptors (Lipinski definition) is 3. The molecule has 0 aliphatic carbocycles. The van der Waals surface area contributed by atoms with Crippen LogP contribution in [0.25, 0.3) is 11.1 Å². The normalized spacial score (nSPS) is 14.1. The van der Waals surface area contributed by atoms with E-state index in [9.17, 15) is 4.39 Å². The Labute approximate surface area is 110 Å². The fraction of sp³-hybridized carbons (Fsp3) is 0.231. The summed E-state index contributed by atoms with van der Waals surface area (Å²) >= 11 is 0. The molecule has 3 nitrogen and oxygen atoms in total. The highest BCUT2D eigenvalue weighted by molar-refractivity contribution is 5.85. The van der Waals surface area contributed by atoms with Gasteiger partial charge in [0.2, 0.25) is 0 Å². The molecule has 0 unspecified atom stereocenters. The minimum absolute atomic E-state index is 0. The molecule has 0 atom stereocenters. The molecule has 0 amide bonds. The maximum absolute atomic E-state index is 13.7. The maximum Gasteiger partial charge on any atom is 0.134 e. The van der Waals surface area contributed by atoms with Crippen molar-refractivity contribution in [3.63, 3.8) is 0 Å². The summed E-state index contributed by atoms with van der Waals surface area (Å²) in [7, 11) is 0. The van der Waals surface area contributed by atoms with Crippen LogP contribution in [0.2, 0.25) is 0 Å². The van der Waals surface area contributed by atoms with Crippen molar-refractivity contribution in [3.05, 3.63) is 42.1 Å². The van der Waals surface area contributed by atoms with E-state index in [0.29, 0.717) is 24.5 Å². The summed E-state index contributed by atoms with van der Waals surface area (Å²) in [5, 5.41) is 3.13. The summed E-state index contributed by atoms with van der Waals surface area (Å²) in [5.41, 5.74) is 2.36. The van der Waals surface area contributed by atoms with Crippen LogP contribution in [0.4, 0.5) is 4.39 Å². The predicted octanol–water partition coefficient (Wildman–Crippen LogP) is 2.99. The van der Waals surface area contributed by atoms with E-state index < -0.39 is 0 Å². The third-order valence-electron chi connectivity index (χ3n) is 2.86. The van der Waals surface area contributed by atoms with Crippen molar-refractivity contribution in [2.24, 2.45) is 0 Å². The lowest BCUT2D eigenvalue weighted by Crippen LogP contribution is -2.16. The van der Waals surface area contributed by atoms with Crippen LogP contribution in [0.5, 0.6) is 5.75 Å². The van der Waals surface area contributed by atoms with Gasteiger partial charge in [0.05, 0.1) is 12.5 Å². The Bertz CT molecular complexity index is 528. The first-order chi connectivity index (χ1) is 8.36. The highest BCUT2D eigenvalue weighted by Crippen LogP contribution is 2.35. The van der Waals surface area contributed by atoms with E-state index in [4.69, 9.17) is 9.15 Å². The van der Waals surface area contributed by atoms with Gasteiger partial charge in [-0.15, -0.1) is 12.4 Å². The van der Waals surface area contributed by atoms with Crippen LogP contribution in [-0.4, -0.2) is 13.2 Å². The van der Waals surface area contributed by atoms with Gasteiger partial charge >= 0.3 is 0 Å². The van der Waals surface area contributed by atoms with Crippen molar-refractivity contribution in [2.45, 2.75) is 6.54 Å². The predicted molar refractivity (Wildman–Crippen MR) is 68.6 cm³/mol. The Morgan fingerprint density at radius 2 is 2.11 bits per heavy atom. The molecule has 1 aromatic carbocycles. The van der Waals surface area contributed by atoms with Gasteiger partial charge in [0, 0.05) is 29.8 Å². The Kier molecular flexibility index (Phi) is 3.89. The van der Waals surface area contributed by atoms with Crippen LogP contribution in [0.3, 0.4) is 0 Å². The van der Waals surface area contributed by atoms with Gasteiger partial charge in [0.1, 0.15) is 18.2 Å². The molecule has 0 bridgehead atoms. The van der Waals surface area contributed by atoms with Crippen molar-refractivity contribution >= 4 is 12.4 Å². The third-order valence-corrected chi connectivity index (χ3v) is 2.86. The number of benzene rings is 1. The second-order valence-corrected chi connectivity index (χ2v) is 3.94. The Hall–Kier alpha value is -1.52. The molecule has 0 saturated heterocycles. The molecule has 5 heteroatoms. The Balaban J connectivity index is 0.00000120. The fourth-order valence-corrected chi connectivity index (χ4v) is 2.02. The fourth-order valence-electron chi connectivity index (χ4n) is 2.02. The topological polar surface area (TPSA) is 34.4 Å². The molecule has 0 saturated carbocycles. The van der Waals surface area contributed by atoms with Crippen molar-refractivity contribution in [1.82, 2.24) is 5.32 Å². The molecule has 1 N–H and O–H groups in total. The van der Waals surface area contributed by atoms with Gasteiger partial charge in [-0.25, -0.2) is 4.39 Å². The van der Waals surface area contributed by atoms with E-state index in [0.717, 1.165) is 17.7 Å². The second-order valence-electron chi connectivity index (χ2n) is 3.94. The summed E-state index contributed by atoms with van der Waals surface area (Å²) in [6.07, 6.45) is 3.23. The maximum atomic E-state index is 13.7. The molecule has 1 aromatic heterocycles. The number of rotatable bonds is 1. The summed E-state index contributed by atoms with van der Waals surface area (Å²) in [6, 6.07) is 5.04. The molecule has 1 aliphatic heterocycles. The van der Waals surface area contributed by atoms with Crippen molar-refractivity contribution in [2.75, 3.05) is 13.2 Å². The molecule has 18 heavy (non-hydrogen) atoms. The molecule has 2 aromatic rings. The number of halogens is 2. The van der Waals surface area contributed by atoms with Gasteiger partial charge < -0.3 is 14.5 Å². The number of hydrogen-bond donors (Lipinski definition) is 1. The number of ether oxygens (including phenoxy) is 1. The van der Waals surface area contributed by atoms with E-state index in [1.165, 1.54) is 6.07 Å². The summed E-state index contributed by atoms with van der Waals surface area (Å²) in [6.45, 7) is 1.76. The SMILES string of the molecule is Cl.Fc1ccc(-c2ccoc2)c2c1CNCCO2. The van der Waals surface area contributed by atoms with Crippen molar-refractivity contribution < 1.29 is 13.5 Å². The first kappa shape index (κ1) is 12.9. The monoisotopic (exact) mass is 269 g/mol. The van der Waals surface area contributed by atoms with Crippen LogP contribution in [0.15, 0.2) is 35.1 Å². The third kappa shape index (κ3) is 2.21. The quantitative estimate of drug-likeness (QED) is 0.864. The van der Waals surface area contributed by atoms with Gasteiger partial charge in [0.15, 0.2) is 0 Å². The zero-order valence-corrected chi connectivity index (χ0v) is 10.4. The minimum Gasteiger partial charge on any atom is -0.491 e. The van der Waals surface area contributed by atoms with Crippen molar-refractivity contribution in [1.29, 1.82) is 0 Å². The van der Waals surface area contributed by atoms with E-state index in [2.05, 4.69) is 5.32 Å². The van der Waals surface area contributed by atoms with Crippen LogP contribution < -0.4 is 10.1 Å². The largest absolute Gasteiger partial charge is 0.491 e. The second kappa shape index (κ2) is 5.42. The van der Waals surface area contributed by atoms with E-state index in [1.54, 1.807) is 18.6 Å². The van der Waals surface area contributed by atoms with Crippen LogP contribution in [-0.2, 0) is 6.54 Å². The smallest absolute Gasteiger partial charge is 0.134 e. The molecule has 0 spiro atoms. The molecule has 1 aliphatic rings. The Morgan fingerprint density at radius 1 is 1.22 bits per heavy atom. The lowest BCUT2D eigenvalue weighted by Gasteiger charge is -2.12. The lowest BCUT2D eigenvalue weighted by atomic mass is 10.0. The standard InChI is InChI=1S/C13H12FNO2.ClH/c14-12-2-1-10(9-3-5-16-8-9)13-11(12)7-15-4-6-17-13;/h1-3,5,8,15H,4,6-7H2;1H. The van der Waals surface area contributed by atoms with Gasteiger partial charge in [-0.1, -0.05) is 0 Å². The highest BCUT2D eigenvalue weighted by atomic mass is 35.5. The number of furan rings is 1. The molecular weight excluding hydrogens is 257 g/mol. The minimum atomic E-state index is -0.235. The summed E-state index contributed by atoms with van der Waals surface area (Å²) < 4.78 is 24.4. The first-order valence-electron chi connectivity index (χ1n) is 5.54.